The number of hydrogen-bond donors (Lipinski definition) is 1. The SMILES string of the molecule is Cc1ccc(CCC(=O)Nc2ncc(C)s2)cc1. The number of benzene rings is 1. The molecule has 1 heterocycles. The summed E-state index contributed by atoms with van der Waals surface area (Å²) >= 11 is 1.50. The molecule has 1 aromatic heterocycles. The van der Waals surface area contributed by atoms with Gasteiger partial charge in [-0.15, -0.1) is 11.3 Å². The predicted octanol–water partition coefficient (Wildman–Crippen LogP) is 3.33. The van der Waals surface area contributed by atoms with Crippen molar-refractivity contribution in [2.75, 3.05) is 5.32 Å². The highest BCUT2D eigenvalue weighted by molar-refractivity contribution is 7.15. The van der Waals surface area contributed by atoms with Gasteiger partial charge in [0.05, 0.1) is 0 Å². The molecule has 1 amide bonds. The molecule has 1 aromatic carbocycles. The van der Waals surface area contributed by atoms with Gasteiger partial charge in [-0.3, -0.25) is 4.79 Å². The van der Waals surface area contributed by atoms with Crippen molar-refractivity contribution in [3.05, 3.63) is 46.5 Å². The fourth-order valence-corrected chi connectivity index (χ4v) is 2.29. The Bertz CT molecular complexity index is 531. The summed E-state index contributed by atoms with van der Waals surface area (Å²) in [7, 11) is 0. The lowest BCUT2D eigenvalue weighted by atomic mass is 10.1. The van der Waals surface area contributed by atoms with E-state index < -0.39 is 0 Å². The molecule has 2 rings (SSSR count). The number of nitrogens with one attached hydrogen (secondary N) is 1. The van der Waals surface area contributed by atoms with E-state index >= 15 is 0 Å². The van der Waals surface area contributed by atoms with Gasteiger partial charge in [-0.2, -0.15) is 0 Å². The molecule has 1 N–H and O–H groups in total. The zero-order valence-corrected chi connectivity index (χ0v) is 11.4. The molecule has 0 bridgehead atoms. The van der Waals surface area contributed by atoms with Crippen molar-refractivity contribution in [1.82, 2.24) is 4.98 Å². The third kappa shape index (κ3) is 3.67. The molecule has 0 aliphatic carbocycles. The van der Waals surface area contributed by atoms with Crippen LogP contribution in [-0.4, -0.2) is 10.9 Å². The van der Waals surface area contributed by atoms with Crippen LogP contribution in [0.2, 0.25) is 0 Å². The van der Waals surface area contributed by atoms with Crippen LogP contribution in [0.5, 0.6) is 0 Å². The second kappa shape index (κ2) is 5.78. The molecule has 0 atom stereocenters. The smallest absolute Gasteiger partial charge is 0.226 e. The van der Waals surface area contributed by atoms with Gasteiger partial charge in [0, 0.05) is 17.5 Å². The molecule has 0 fully saturated rings. The topological polar surface area (TPSA) is 42.0 Å². The van der Waals surface area contributed by atoms with Crippen molar-refractivity contribution < 1.29 is 4.79 Å². The number of carbonyl (C=O) groups excluding carboxylic acids is 1. The van der Waals surface area contributed by atoms with Gasteiger partial charge in [-0.25, -0.2) is 4.98 Å². The lowest BCUT2D eigenvalue weighted by Crippen LogP contribution is -2.11. The predicted molar refractivity (Wildman–Crippen MR) is 75.0 cm³/mol. The van der Waals surface area contributed by atoms with Crippen LogP contribution in [-0.2, 0) is 11.2 Å². The fraction of sp³-hybridized carbons (Fsp3) is 0.286. The van der Waals surface area contributed by atoms with E-state index in [1.807, 2.05) is 6.92 Å². The summed E-state index contributed by atoms with van der Waals surface area (Å²) in [5.74, 6) is 0.0184. The zero-order chi connectivity index (χ0) is 13.0. The number of carbonyl (C=O) groups is 1. The summed E-state index contributed by atoms with van der Waals surface area (Å²) in [5, 5.41) is 3.49. The number of nitrogens with zero attached hydrogens (tertiary/aromatic N) is 1. The summed E-state index contributed by atoms with van der Waals surface area (Å²) in [6.45, 7) is 4.03. The summed E-state index contributed by atoms with van der Waals surface area (Å²) in [5.41, 5.74) is 2.42. The van der Waals surface area contributed by atoms with E-state index in [1.165, 1.54) is 22.5 Å². The molecule has 2 aromatic rings. The first-order valence-electron chi connectivity index (χ1n) is 5.91. The minimum absolute atomic E-state index is 0.0184. The van der Waals surface area contributed by atoms with E-state index in [0.29, 0.717) is 11.6 Å². The fourth-order valence-electron chi connectivity index (χ4n) is 1.61. The summed E-state index contributed by atoms with van der Waals surface area (Å²) in [4.78, 5) is 16.9. The van der Waals surface area contributed by atoms with Crippen LogP contribution in [0.15, 0.2) is 30.5 Å². The molecule has 0 aliphatic rings. The standard InChI is InChI=1S/C14H16N2OS/c1-10-3-5-12(6-4-10)7-8-13(17)16-14-15-9-11(2)18-14/h3-6,9H,7-8H2,1-2H3,(H,15,16,17). The van der Waals surface area contributed by atoms with Crippen LogP contribution in [0, 0.1) is 13.8 Å². The normalized spacial score (nSPS) is 10.3. The van der Waals surface area contributed by atoms with Gasteiger partial charge in [-0.05, 0) is 25.8 Å². The first-order chi connectivity index (χ1) is 8.63. The van der Waals surface area contributed by atoms with Gasteiger partial charge < -0.3 is 5.32 Å². The van der Waals surface area contributed by atoms with Crippen LogP contribution in [0.4, 0.5) is 5.13 Å². The maximum atomic E-state index is 11.7. The molecule has 0 saturated carbocycles. The van der Waals surface area contributed by atoms with Gasteiger partial charge in [-0.1, -0.05) is 29.8 Å². The Morgan fingerprint density at radius 1 is 1.28 bits per heavy atom. The average molecular weight is 260 g/mol. The van der Waals surface area contributed by atoms with Crippen molar-refractivity contribution >= 4 is 22.4 Å². The van der Waals surface area contributed by atoms with Crippen LogP contribution in [0.25, 0.3) is 0 Å². The van der Waals surface area contributed by atoms with Crippen LogP contribution in [0.1, 0.15) is 22.4 Å². The quantitative estimate of drug-likeness (QED) is 0.916. The zero-order valence-electron chi connectivity index (χ0n) is 10.6. The van der Waals surface area contributed by atoms with Crippen LogP contribution >= 0.6 is 11.3 Å². The number of amides is 1. The van der Waals surface area contributed by atoms with E-state index in [1.54, 1.807) is 6.20 Å². The van der Waals surface area contributed by atoms with Gasteiger partial charge in [0.25, 0.3) is 0 Å². The Morgan fingerprint density at radius 3 is 2.61 bits per heavy atom. The van der Waals surface area contributed by atoms with Gasteiger partial charge in [0.15, 0.2) is 5.13 Å². The van der Waals surface area contributed by atoms with Crippen molar-refractivity contribution in [3.63, 3.8) is 0 Å². The Balaban J connectivity index is 1.83. The molecule has 0 spiro atoms. The minimum atomic E-state index is 0.0184. The monoisotopic (exact) mass is 260 g/mol. The summed E-state index contributed by atoms with van der Waals surface area (Å²) in [6, 6.07) is 8.27. The van der Waals surface area contributed by atoms with Crippen molar-refractivity contribution in [2.24, 2.45) is 0 Å². The highest BCUT2D eigenvalue weighted by Gasteiger charge is 2.05. The third-order valence-corrected chi connectivity index (χ3v) is 3.46. The Morgan fingerprint density at radius 2 is 2.00 bits per heavy atom. The molecule has 0 saturated heterocycles. The summed E-state index contributed by atoms with van der Waals surface area (Å²) in [6.07, 6.45) is 3.01. The van der Waals surface area contributed by atoms with E-state index in [2.05, 4.69) is 41.5 Å². The first-order valence-corrected chi connectivity index (χ1v) is 6.73. The van der Waals surface area contributed by atoms with E-state index in [9.17, 15) is 4.79 Å². The molecule has 0 aliphatic heterocycles. The Kier molecular flexibility index (Phi) is 4.10. The number of aromatic nitrogens is 1. The van der Waals surface area contributed by atoms with Crippen LogP contribution < -0.4 is 5.32 Å². The molecule has 0 unspecified atom stereocenters. The number of aryl methyl sites for hydroxylation is 3. The molecular weight excluding hydrogens is 244 g/mol. The van der Waals surface area contributed by atoms with Gasteiger partial charge in [0.2, 0.25) is 5.91 Å². The minimum Gasteiger partial charge on any atom is -0.302 e. The maximum Gasteiger partial charge on any atom is 0.226 e. The van der Waals surface area contributed by atoms with Crippen LogP contribution in [0.3, 0.4) is 0 Å². The molecule has 94 valence electrons. The average Bonchev–Trinajstić information content (AvgIpc) is 2.74. The molecule has 18 heavy (non-hydrogen) atoms. The lowest BCUT2D eigenvalue weighted by Gasteiger charge is -2.02. The van der Waals surface area contributed by atoms with Gasteiger partial charge in [0.1, 0.15) is 0 Å². The Labute approximate surface area is 111 Å². The second-order valence-electron chi connectivity index (χ2n) is 4.31. The first kappa shape index (κ1) is 12.8. The highest BCUT2D eigenvalue weighted by atomic mass is 32.1. The highest BCUT2D eigenvalue weighted by Crippen LogP contribution is 2.16. The van der Waals surface area contributed by atoms with E-state index in [0.717, 1.165) is 11.3 Å². The maximum absolute atomic E-state index is 11.7. The largest absolute Gasteiger partial charge is 0.302 e. The third-order valence-electron chi connectivity index (χ3n) is 2.63. The van der Waals surface area contributed by atoms with E-state index in [-0.39, 0.29) is 5.91 Å². The number of thiazole rings is 1. The molecule has 3 nitrogen and oxygen atoms in total. The van der Waals surface area contributed by atoms with E-state index in [4.69, 9.17) is 0 Å². The van der Waals surface area contributed by atoms with Gasteiger partial charge >= 0.3 is 0 Å². The molecular formula is C14H16N2OS. The lowest BCUT2D eigenvalue weighted by molar-refractivity contribution is -0.116. The second-order valence-corrected chi connectivity index (χ2v) is 5.54. The van der Waals surface area contributed by atoms with Crippen molar-refractivity contribution in [2.45, 2.75) is 26.7 Å². The number of rotatable bonds is 4. The van der Waals surface area contributed by atoms with Crippen molar-refractivity contribution in [3.8, 4) is 0 Å². The number of hydrogen-bond acceptors (Lipinski definition) is 3. The molecule has 0 radical (unpaired) electrons. The Hall–Kier alpha value is -1.68. The van der Waals surface area contributed by atoms with Crippen molar-refractivity contribution in [1.29, 1.82) is 0 Å². The summed E-state index contributed by atoms with van der Waals surface area (Å²) < 4.78 is 0. The number of anilines is 1. The molecule has 4 heteroatoms.